The van der Waals surface area contributed by atoms with Crippen molar-refractivity contribution in [2.75, 3.05) is 13.1 Å². The van der Waals surface area contributed by atoms with Crippen LogP contribution < -0.4 is 0 Å². The Morgan fingerprint density at radius 2 is 1.85 bits per heavy atom. The molecule has 0 unspecified atom stereocenters. The number of rotatable bonds is 3. The summed E-state index contributed by atoms with van der Waals surface area (Å²) in [5.74, 6) is -1.07. The van der Waals surface area contributed by atoms with Crippen molar-refractivity contribution in [3.05, 3.63) is 46.7 Å². The SMILES string of the molecule is O=C(c1nn2c(C(F)(F)F)nnc2s1)N1CCC(Cc2ccccc2)CC1. The third-order valence-corrected chi connectivity index (χ3v) is 5.58. The molecule has 3 heterocycles. The number of piperidine rings is 1. The molecule has 3 aromatic rings. The maximum absolute atomic E-state index is 12.9. The van der Waals surface area contributed by atoms with Crippen molar-refractivity contribution in [2.24, 2.45) is 5.92 Å². The fourth-order valence-corrected chi connectivity index (χ4v) is 4.11. The zero-order valence-electron chi connectivity index (χ0n) is 14.2. The van der Waals surface area contributed by atoms with Gasteiger partial charge in [0.15, 0.2) is 0 Å². The minimum atomic E-state index is -4.66. The monoisotopic (exact) mass is 395 g/mol. The molecule has 2 aromatic heterocycles. The van der Waals surface area contributed by atoms with Gasteiger partial charge in [0.25, 0.3) is 11.7 Å². The molecular weight excluding hydrogens is 379 g/mol. The van der Waals surface area contributed by atoms with Crippen LogP contribution in [0.25, 0.3) is 4.96 Å². The van der Waals surface area contributed by atoms with Crippen LogP contribution in [0.3, 0.4) is 0 Å². The van der Waals surface area contributed by atoms with Gasteiger partial charge in [0.2, 0.25) is 9.97 Å². The molecule has 0 saturated carbocycles. The van der Waals surface area contributed by atoms with Crippen molar-refractivity contribution >= 4 is 22.2 Å². The summed E-state index contributed by atoms with van der Waals surface area (Å²) in [6.45, 7) is 1.14. The molecule has 1 saturated heterocycles. The molecule has 0 radical (unpaired) electrons. The van der Waals surface area contributed by atoms with Crippen molar-refractivity contribution in [1.82, 2.24) is 24.7 Å². The Kier molecular flexibility index (Phi) is 4.58. The highest BCUT2D eigenvalue weighted by Gasteiger charge is 2.39. The highest BCUT2D eigenvalue weighted by Crippen LogP contribution is 2.29. The van der Waals surface area contributed by atoms with E-state index < -0.39 is 12.0 Å². The molecule has 1 amide bonds. The lowest BCUT2D eigenvalue weighted by atomic mass is 9.90. The van der Waals surface area contributed by atoms with Crippen molar-refractivity contribution in [2.45, 2.75) is 25.4 Å². The van der Waals surface area contributed by atoms with Crippen LogP contribution in [0.1, 0.15) is 34.0 Å². The Bertz CT molecular complexity index is 945. The van der Waals surface area contributed by atoms with E-state index in [0.717, 1.165) is 30.6 Å². The number of hydrogen-bond acceptors (Lipinski definition) is 5. The van der Waals surface area contributed by atoms with Gasteiger partial charge in [0.1, 0.15) is 0 Å². The third-order valence-electron chi connectivity index (χ3n) is 4.70. The van der Waals surface area contributed by atoms with Gasteiger partial charge in [-0.05, 0) is 30.7 Å². The van der Waals surface area contributed by atoms with E-state index in [-0.39, 0.29) is 15.9 Å². The maximum Gasteiger partial charge on any atom is 0.453 e. The molecule has 0 bridgehead atoms. The predicted molar refractivity (Wildman–Crippen MR) is 92.4 cm³/mol. The molecule has 10 heteroatoms. The standard InChI is InChI=1S/C17H16F3N5OS/c18-17(19,20)15-21-22-16-25(15)23-13(27-16)14(26)24-8-6-12(7-9-24)10-11-4-2-1-3-5-11/h1-5,12H,6-10H2. The van der Waals surface area contributed by atoms with Gasteiger partial charge >= 0.3 is 6.18 Å². The number of carbonyl (C=O) groups excluding carboxylic acids is 1. The molecule has 0 N–H and O–H groups in total. The lowest BCUT2D eigenvalue weighted by molar-refractivity contribution is -0.146. The van der Waals surface area contributed by atoms with Gasteiger partial charge in [0, 0.05) is 13.1 Å². The molecule has 27 heavy (non-hydrogen) atoms. The normalized spacial score (nSPS) is 16.2. The Labute approximate surface area is 156 Å². The van der Waals surface area contributed by atoms with E-state index in [0.29, 0.717) is 23.5 Å². The number of amides is 1. The van der Waals surface area contributed by atoms with Crippen LogP contribution >= 0.6 is 11.3 Å². The third kappa shape index (κ3) is 3.66. The topological polar surface area (TPSA) is 63.4 Å². The van der Waals surface area contributed by atoms with Crippen LogP contribution in [0, 0.1) is 5.92 Å². The number of nitrogens with zero attached hydrogens (tertiary/aromatic N) is 5. The second-order valence-corrected chi connectivity index (χ2v) is 7.50. The van der Waals surface area contributed by atoms with E-state index >= 15 is 0 Å². The highest BCUT2D eigenvalue weighted by atomic mass is 32.1. The van der Waals surface area contributed by atoms with E-state index in [1.165, 1.54) is 5.56 Å². The summed E-state index contributed by atoms with van der Waals surface area (Å²) in [6.07, 6.45) is -1.98. The summed E-state index contributed by atoms with van der Waals surface area (Å²) >= 11 is 0.826. The molecule has 4 rings (SSSR count). The van der Waals surface area contributed by atoms with Crippen molar-refractivity contribution in [1.29, 1.82) is 0 Å². The average Bonchev–Trinajstić information content (AvgIpc) is 3.22. The van der Waals surface area contributed by atoms with Crippen LogP contribution in [0.4, 0.5) is 13.2 Å². The van der Waals surface area contributed by atoms with Gasteiger partial charge in [-0.15, -0.1) is 15.3 Å². The number of likely N-dealkylation sites (tertiary alicyclic amines) is 1. The number of alkyl halides is 3. The fraction of sp³-hybridized carbons (Fsp3) is 0.412. The first kappa shape index (κ1) is 17.9. The Morgan fingerprint density at radius 1 is 1.15 bits per heavy atom. The number of aromatic nitrogens is 4. The lowest BCUT2D eigenvalue weighted by Crippen LogP contribution is -2.39. The number of hydrogen-bond donors (Lipinski definition) is 0. The number of benzene rings is 1. The van der Waals surface area contributed by atoms with Crippen LogP contribution in [-0.2, 0) is 12.6 Å². The number of carbonyl (C=O) groups is 1. The van der Waals surface area contributed by atoms with Gasteiger partial charge in [-0.2, -0.15) is 17.7 Å². The van der Waals surface area contributed by atoms with Gasteiger partial charge in [0.05, 0.1) is 0 Å². The summed E-state index contributed by atoms with van der Waals surface area (Å²) in [5, 5.41) is 10.4. The van der Waals surface area contributed by atoms with E-state index in [4.69, 9.17) is 0 Å². The summed E-state index contributed by atoms with van der Waals surface area (Å²) in [5.41, 5.74) is 1.27. The van der Waals surface area contributed by atoms with Crippen LogP contribution in [-0.4, -0.2) is 43.7 Å². The minimum Gasteiger partial charge on any atom is -0.337 e. The summed E-state index contributed by atoms with van der Waals surface area (Å²) < 4.78 is 39.2. The maximum atomic E-state index is 12.9. The molecule has 1 aliphatic rings. The van der Waals surface area contributed by atoms with Crippen molar-refractivity contribution < 1.29 is 18.0 Å². The van der Waals surface area contributed by atoms with Crippen molar-refractivity contribution in [3.63, 3.8) is 0 Å². The van der Waals surface area contributed by atoms with Gasteiger partial charge < -0.3 is 4.90 Å². The van der Waals surface area contributed by atoms with Gasteiger partial charge in [-0.1, -0.05) is 41.7 Å². The lowest BCUT2D eigenvalue weighted by Gasteiger charge is -2.31. The van der Waals surface area contributed by atoms with E-state index in [1.807, 2.05) is 18.2 Å². The first-order valence-corrected chi connectivity index (χ1v) is 9.36. The van der Waals surface area contributed by atoms with E-state index in [2.05, 4.69) is 27.4 Å². The van der Waals surface area contributed by atoms with E-state index in [9.17, 15) is 18.0 Å². The first-order valence-electron chi connectivity index (χ1n) is 8.54. The smallest absolute Gasteiger partial charge is 0.337 e. The summed E-state index contributed by atoms with van der Waals surface area (Å²) in [4.78, 5) is 14.2. The quantitative estimate of drug-likeness (QED) is 0.683. The van der Waals surface area contributed by atoms with Gasteiger partial charge in [-0.25, -0.2) is 0 Å². The molecule has 0 spiro atoms. The highest BCUT2D eigenvalue weighted by molar-refractivity contribution is 7.18. The zero-order valence-corrected chi connectivity index (χ0v) is 15.0. The van der Waals surface area contributed by atoms with Crippen LogP contribution in [0.5, 0.6) is 0 Å². The van der Waals surface area contributed by atoms with E-state index in [1.54, 1.807) is 4.90 Å². The Hall–Kier alpha value is -2.49. The Morgan fingerprint density at radius 3 is 2.52 bits per heavy atom. The van der Waals surface area contributed by atoms with Crippen LogP contribution in [0.15, 0.2) is 30.3 Å². The first-order chi connectivity index (χ1) is 12.9. The second-order valence-electron chi connectivity index (χ2n) is 6.55. The molecular formula is C17H16F3N5OS. The number of fused-ring (bicyclic) bond motifs is 1. The fourth-order valence-electron chi connectivity index (χ4n) is 3.30. The molecule has 1 fully saturated rings. The predicted octanol–water partition coefficient (Wildman–Crippen LogP) is 3.30. The van der Waals surface area contributed by atoms with Gasteiger partial charge in [-0.3, -0.25) is 4.79 Å². The number of halogens is 3. The molecule has 1 aliphatic heterocycles. The van der Waals surface area contributed by atoms with Crippen LogP contribution in [0.2, 0.25) is 0 Å². The zero-order chi connectivity index (χ0) is 19.0. The minimum absolute atomic E-state index is 0.00640. The molecule has 6 nitrogen and oxygen atoms in total. The van der Waals surface area contributed by atoms with Crippen molar-refractivity contribution in [3.8, 4) is 0 Å². The molecule has 1 aromatic carbocycles. The summed E-state index contributed by atoms with van der Waals surface area (Å²) in [6, 6.07) is 10.2. The average molecular weight is 395 g/mol. The largest absolute Gasteiger partial charge is 0.453 e. The summed E-state index contributed by atoms with van der Waals surface area (Å²) in [7, 11) is 0. The molecule has 142 valence electrons. The molecule has 0 atom stereocenters. The second kappa shape index (κ2) is 6.91. The molecule has 0 aliphatic carbocycles. The Balaban J connectivity index is 1.42.